The first-order valence-corrected chi connectivity index (χ1v) is 7.64. The van der Waals surface area contributed by atoms with Crippen LogP contribution in [0, 0.1) is 11.2 Å². The molecule has 0 atom stereocenters. The van der Waals surface area contributed by atoms with E-state index in [2.05, 4.69) is 19.2 Å². The fraction of sp³-hybridized carbons (Fsp3) is 0.625. The normalized spacial score (nSPS) is 18.4. The van der Waals surface area contributed by atoms with Gasteiger partial charge in [0.25, 0.3) is 0 Å². The molecular weight excluding hydrogens is 277 g/mol. The first-order chi connectivity index (χ1) is 9.51. The molecule has 0 radical (unpaired) electrons. The van der Waals surface area contributed by atoms with Crippen LogP contribution in [-0.4, -0.2) is 25.8 Å². The van der Waals surface area contributed by atoms with Gasteiger partial charge < -0.3 is 10.1 Å². The van der Waals surface area contributed by atoms with Gasteiger partial charge in [0, 0.05) is 30.8 Å². The van der Waals surface area contributed by atoms with Crippen LogP contribution in [0.5, 0.6) is 0 Å². The van der Waals surface area contributed by atoms with E-state index < -0.39 is 0 Å². The van der Waals surface area contributed by atoms with Crippen molar-refractivity contribution in [2.75, 3.05) is 19.8 Å². The van der Waals surface area contributed by atoms with Crippen LogP contribution in [0.1, 0.15) is 32.3 Å². The summed E-state index contributed by atoms with van der Waals surface area (Å²) in [5, 5.41) is 4.17. The lowest BCUT2D eigenvalue weighted by atomic mass is 9.75. The summed E-state index contributed by atoms with van der Waals surface area (Å²) in [5.74, 6) is -0.219. The molecule has 0 spiro atoms. The summed E-state index contributed by atoms with van der Waals surface area (Å²) in [6, 6.07) is 5.07. The first-order valence-electron chi connectivity index (χ1n) is 7.26. The van der Waals surface area contributed by atoms with E-state index in [4.69, 9.17) is 16.3 Å². The molecule has 2 nitrogen and oxygen atoms in total. The van der Waals surface area contributed by atoms with Gasteiger partial charge in [0.15, 0.2) is 0 Å². The van der Waals surface area contributed by atoms with Gasteiger partial charge in [0.05, 0.1) is 0 Å². The van der Waals surface area contributed by atoms with Gasteiger partial charge in [-0.15, -0.1) is 0 Å². The Morgan fingerprint density at radius 1 is 1.35 bits per heavy atom. The molecule has 112 valence electrons. The predicted molar refractivity (Wildman–Crippen MR) is 80.7 cm³/mol. The minimum absolute atomic E-state index is 0.111. The summed E-state index contributed by atoms with van der Waals surface area (Å²) in [6.07, 6.45) is 2.77. The highest BCUT2D eigenvalue weighted by Crippen LogP contribution is 2.36. The van der Waals surface area contributed by atoms with Gasteiger partial charge in [0.1, 0.15) is 5.82 Å². The maximum absolute atomic E-state index is 13.4. The summed E-state index contributed by atoms with van der Waals surface area (Å²) in [4.78, 5) is 0. The molecule has 1 aromatic rings. The molecule has 1 aromatic carbocycles. The molecule has 1 aliphatic rings. The second kappa shape index (κ2) is 6.88. The Morgan fingerprint density at radius 2 is 2.05 bits per heavy atom. The minimum Gasteiger partial charge on any atom is -0.381 e. The van der Waals surface area contributed by atoms with Gasteiger partial charge >= 0.3 is 0 Å². The molecule has 4 heteroatoms. The molecule has 0 saturated carbocycles. The van der Waals surface area contributed by atoms with Crippen molar-refractivity contribution in [1.82, 2.24) is 5.32 Å². The molecule has 2 rings (SSSR count). The Balaban J connectivity index is 2.16. The topological polar surface area (TPSA) is 21.3 Å². The van der Waals surface area contributed by atoms with Crippen molar-refractivity contribution >= 4 is 11.6 Å². The van der Waals surface area contributed by atoms with Crippen LogP contribution >= 0.6 is 11.6 Å². The van der Waals surface area contributed by atoms with Crippen molar-refractivity contribution in [3.63, 3.8) is 0 Å². The molecule has 0 amide bonds. The Hall–Kier alpha value is -0.640. The van der Waals surface area contributed by atoms with Crippen molar-refractivity contribution in [1.29, 1.82) is 0 Å². The van der Waals surface area contributed by atoms with Crippen LogP contribution in [0.2, 0.25) is 5.02 Å². The van der Waals surface area contributed by atoms with E-state index in [0.29, 0.717) is 11.1 Å². The third-order valence-corrected chi connectivity index (χ3v) is 4.38. The number of nitrogens with one attached hydrogen (secondary N) is 1. The lowest BCUT2D eigenvalue weighted by Crippen LogP contribution is -2.43. The Labute approximate surface area is 125 Å². The van der Waals surface area contributed by atoms with Crippen LogP contribution in [-0.2, 0) is 11.2 Å². The molecule has 1 N–H and O–H groups in total. The Morgan fingerprint density at radius 3 is 2.70 bits per heavy atom. The molecule has 1 aliphatic heterocycles. The smallest absolute Gasteiger partial charge is 0.123 e. The summed E-state index contributed by atoms with van der Waals surface area (Å²) in [5.41, 5.74) is 1.01. The lowest BCUT2D eigenvalue weighted by molar-refractivity contribution is 0.0140. The molecule has 0 bridgehead atoms. The molecule has 0 unspecified atom stereocenters. The van der Waals surface area contributed by atoms with Gasteiger partial charge in [-0.25, -0.2) is 4.39 Å². The summed E-state index contributed by atoms with van der Waals surface area (Å²) in [7, 11) is 0. The zero-order valence-corrected chi connectivity index (χ0v) is 13.0. The van der Waals surface area contributed by atoms with Crippen LogP contribution in [0.3, 0.4) is 0 Å². The number of rotatable bonds is 5. The summed E-state index contributed by atoms with van der Waals surface area (Å²) >= 11 is 6.22. The number of hydrogen-bond acceptors (Lipinski definition) is 2. The average molecular weight is 300 g/mol. The van der Waals surface area contributed by atoms with E-state index in [1.165, 1.54) is 6.07 Å². The molecule has 0 aliphatic carbocycles. The van der Waals surface area contributed by atoms with Gasteiger partial charge in [-0.05, 0) is 48.4 Å². The van der Waals surface area contributed by atoms with Crippen molar-refractivity contribution < 1.29 is 9.13 Å². The number of ether oxygens (including phenoxy) is 1. The Bertz CT molecular complexity index is 444. The highest BCUT2D eigenvalue weighted by Gasteiger charge is 2.33. The van der Waals surface area contributed by atoms with Crippen molar-refractivity contribution in [3.8, 4) is 0 Å². The van der Waals surface area contributed by atoms with Crippen LogP contribution < -0.4 is 5.32 Å². The SMILES string of the molecule is CC(C)NCC1(Cc2cc(F)ccc2Cl)CCOCC1. The summed E-state index contributed by atoms with van der Waals surface area (Å²) in [6.45, 7) is 6.74. The fourth-order valence-electron chi connectivity index (χ4n) is 2.72. The van der Waals surface area contributed by atoms with E-state index >= 15 is 0 Å². The number of benzene rings is 1. The molecule has 0 aromatic heterocycles. The number of hydrogen-bond donors (Lipinski definition) is 1. The van der Waals surface area contributed by atoms with Crippen LogP contribution in [0.25, 0.3) is 0 Å². The van der Waals surface area contributed by atoms with Gasteiger partial charge in [-0.1, -0.05) is 25.4 Å². The number of halogens is 2. The fourth-order valence-corrected chi connectivity index (χ4v) is 2.91. The average Bonchev–Trinajstić information content (AvgIpc) is 2.42. The van der Waals surface area contributed by atoms with Crippen molar-refractivity contribution in [2.45, 2.75) is 39.2 Å². The predicted octanol–water partition coefficient (Wildman–Crippen LogP) is 3.82. The van der Waals surface area contributed by atoms with Crippen molar-refractivity contribution in [2.24, 2.45) is 5.41 Å². The maximum Gasteiger partial charge on any atom is 0.123 e. The van der Waals surface area contributed by atoms with E-state index in [-0.39, 0.29) is 11.2 Å². The van der Waals surface area contributed by atoms with Crippen LogP contribution in [0.15, 0.2) is 18.2 Å². The standard InChI is InChI=1S/C16H23ClFNO/c1-12(2)19-11-16(5-7-20-8-6-16)10-13-9-14(18)3-4-15(13)17/h3-4,9,12,19H,5-8,10-11H2,1-2H3. The molecule has 1 saturated heterocycles. The van der Waals surface area contributed by atoms with Gasteiger partial charge in [0.2, 0.25) is 0 Å². The second-order valence-electron chi connectivity index (χ2n) is 6.06. The maximum atomic E-state index is 13.4. The zero-order chi connectivity index (χ0) is 14.6. The molecule has 20 heavy (non-hydrogen) atoms. The lowest BCUT2D eigenvalue weighted by Gasteiger charge is -2.38. The highest BCUT2D eigenvalue weighted by molar-refractivity contribution is 6.31. The van der Waals surface area contributed by atoms with E-state index in [1.54, 1.807) is 12.1 Å². The van der Waals surface area contributed by atoms with Crippen molar-refractivity contribution in [3.05, 3.63) is 34.6 Å². The summed E-state index contributed by atoms with van der Waals surface area (Å²) < 4.78 is 18.9. The third-order valence-electron chi connectivity index (χ3n) is 4.01. The second-order valence-corrected chi connectivity index (χ2v) is 6.47. The molecular formula is C16H23ClFNO. The van der Waals surface area contributed by atoms with E-state index in [9.17, 15) is 4.39 Å². The first kappa shape index (κ1) is 15.7. The highest BCUT2D eigenvalue weighted by atomic mass is 35.5. The Kier molecular flexibility index (Phi) is 5.42. The van der Waals surface area contributed by atoms with E-state index in [0.717, 1.165) is 44.6 Å². The minimum atomic E-state index is -0.219. The largest absolute Gasteiger partial charge is 0.381 e. The third kappa shape index (κ3) is 4.18. The monoisotopic (exact) mass is 299 g/mol. The van der Waals surface area contributed by atoms with Gasteiger partial charge in [-0.3, -0.25) is 0 Å². The van der Waals surface area contributed by atoms with Gasteiger partial charge in [-0.2, -0.15) is 0 Å². The molecule has 1 heterocycles. The molecule has 1 fully saturated rings. The van der Waals surface area contributed by atoms with Crippen LogP contribution in [0.4, 0.5) is 4.39 Å². The quantitative estimate of drug-likeness (QED) is 0.892. The zero-order valence-electron chi connectivity index (χ0n) is 12.2. The van der Waals surface area contributed by atoms with E-state index in [1.807, 2.05) is 0 Å².